The molecule has 0 spiro atoms. The first-order chi connectivity index (χ1) is 22.6. The number of nitriles is 1. The van der Waals surface area contributed by atoms with Crippen molar-refractivity contribution in [3.05, 3.63) is 214 Å². The highest BCUT2D eigenvalue weighted by Crippen LogP contribution is 2.39. The highest BCUT2D eigenvalue weighted by molar-refractivity contribution is 5.56. The Morgan fingerprint density at radius 3 is 1.04 bits per heavy atom. The van der Waals surface area contributed by atoms with Crippen LogP contribution in [0.4, 0.5) is 26.3 Å². The molecule has 0 aliphatic heterocycles. The Hall–Kier alpha value is -5.65. The monoisotopic (exact) mass is 637 g/mol. The zero-order valence-electron chi connectivity index (χ0n) is 24.5. The zero-order chi connectivity index (χ0) is 33.6. The lowest BCUT2D eigenvalue weighted by atomic mass is 9.70. The molecule has 0 amide bonds. The van der Waals surface area contributed by atoms with Crippen LogP contribution in [0.2, 0.25) is 0 Å². The summed E-state index contributed by atoms with van der Waals surface area (Å²) < 4.78 is 80.4. The normalized spacial score (nSPS) is 11.3. The van der Waals surface area contributed by atoms with Crippen molar-refractivity contribution in [3.8, 4) is 6.07 Å². The van der Waals surface area contributed by atoms with Gasteiger partial charge in [0.2, 0.25) is 0 Å². The molecule has 0 aliphatic rings. The molecule has 8 heteroatoms. The lowest BCUT2D eigenvalue weighted by molar-refractivity contribution is 0.125. The predicted octanol–water partition coefficient (Wildman–Crippen LogP) is 9.35. The average Bonchev–Trinajstić information content (AvgIpc) is 3.07. The molecule has 0 radical (unpaired) electrons. The summed E-state index contributed by atoms with van der Waals surface area (Å²) in [5.41, 5.74) is -0.758. The number of benzene rings is 6. The molecule has 2 nitrogen and oxygen atoms in total. The second-order valence-electron chi connectivity index (χ2n) is 10.6. The van der Waals surface area contributed by atoms with Crippen molar-refractivity contribution < 1.29 is 31.4 Å². The van der Waals surface area contributed by atoms with Crippen molar-refractivity contribution in [2.24, 2.45) is 0 Å². The van der Waals surface area contributed by atoms with Gasteiger partial charge in [0.15, 0.2) is 0 Å². The molecule has 0 saturated carbocycles. The van der Waals surface area contributed by atoms with Crippen molar-refractivity contribution in [1.29, 1.82) is 5.26 Å². The van der Waals surface area contributed by atoms with Crippen molar-refractivity contribution in [2.75, 3.05) is 0 Å². The number of halogens is 6. The van der Waals surface area contributed by atoms with E-state index in [9.17, 15) is 36.7 Å². The molecule has 0 fully saturated rings. The maximum Gasteiger partial charge on any atom is 0.140 e. The molecule has 47 heavy (non-hydrogen) atoms. The van der Waals surface area contributed by atoms with E-state index < -0.39 is 45.9 Å². The van der Waals surface area contributed by atoms with E-state index in [1.165, 1.54) is 133 Å². The van der Waals surface area contributed by atoms with E-state index in [1.54, 1.807) is 12.1 Å². The fraction of sp³-hybridized carbons (Fsp3) is 0.0513. The second kappa shape index (κ2) is 13.8. The highest BCUT2D eigenvalue weighted by Gasteiger charge is 2.37. The van der Waals surface area contributed by atoms with Crippen molar-refractivity contribution in [3.63, 3.8) is 0 Å². The molecule has 0 aliphatic carbocycles. The molecule has 234 valence electrons. The molecule has 0 atom stereocenters. The van der Waals surface area contributed by atoms with Crippen LogP contribution < -0.4 is 0 Å². The Kier molecular flexibility index (Phi) is 9.59. The molecule has 0 aromatic heterocycles. The smallest absolute Gasteiger partial charge is 0.140 e. The van der Waals surface area contributed by atoms with Crippen LogP contribution in [-0.4, -0.2) is 5.11 Å². The fourth-order valence-electron chi connectivity index (χ4n) is 5.41. The summed E-state index contributed by atoms with van der Waals surface area (Å²) in [6.07, 6.45) is 0. The third kappa shape index (κ3) is 6.81. The van der Waals surface area contributed by atoms with Crippen LogP contribution in [0, 0.1) is 46.2 Å². The van der Waals surface area contributed by atoms with Gasteiger partial charge in [-0.25, -0.2) is 26.3 Å². The van der Waals surface area contributed by atoms with Crippen LogP contribution in [0.3, 0.4) is 0 Å². The Labute approximate surface area is 267 Å². The molecule has 0 bridgehead atoms. The third-order valence-corrected chi connectivity index (χ3v) is 7.75. The van der Waals surface area contributed by atoms with Gasteiger partial charge in [-0.1, -0.05) is 72.8 Å². The quantitative estimate of drug-likeness (QED) is 0.146. The number of hydrogen-bond acceptors (Lipinski definition) is 2. The van der Waals surface area contributed by atoms with Crippen molar-refractivity contribution >= 4 is 0 Å². The second-order valence-corrected chi connectivity index (χ2v) is 10.6. The summed E-state index contributed by atoms with van der Waals surface area (Å²) in [5.74, 6) is -2.78. The summed E-state index contributed by atoms with van der Waals surface area (Å²) in [4.78, 5) is 0. The first-order valence-corrected chi connectivity index (χ1v) is 14.3. The van der Waals surface area contributed by atoms with E-state index in [2.05, 4.69) is 6.07 Å². The van der Waals surface area contributed by atoms with Gasteiger partial charge in [-0.3, -0.25) is 0 Å². The molecule has 0 saturated heterocycles. The standard InChI is InChI=1S/C20H12F3N.C19H13F3O/c21-17-8-4-14(5-9-17)20(13-24,15-6-10-18(22)11-7-15)16-2-1-3-19(23)12-16;20-16-8-4-13(5-9-16)19(23,14-6-10-17(21)11-7-14)15-2-1-3-18(22)12-15/h1-12H;1-12,23H. The first kappa shape index (κ1) is 32.7. The van der Waals surface area contributed by atoms with Gasteiger partial charge in [0.05, 0.1) is 6.07 Å². The Morgan fingerprint density at radius 1 is 0.383 bits per heavy atom. The largest absolute Gasteiger partial charge is 0.376 e. The molecule has 6 rings (SSSR count). The van der Waals surface area contributed by atoms with Crippen molar-refractivity contribution in [1.82, 2.24) is 0 Å². The lowest BCUT2D eigenvalue weighted by Gasteiger charge is -2.30. The number of hydrogen-bond donors (Lipinski definition) is 1. The molecule has 6 aromatic carbocycles. The van der Waals surface area contributed by atoms with Gasteiger partial charge in [-0.2, -0.15) is 5.26 Å². The molecular formula is C39H25F6NO. The minimum Gasteiger partial charge on any atom is -0.376 e. The summed E-state index contributed by atoms with van der Waals surface area (Å²) in [6.45, 7) is 0. The van der Waals surface area contributed by atoms with Gasteiger partial charge in [-0.05, 0) is 106 Å². The lowest BCUT2D eigenvalue weighted by Crippen LogP contribution is -2.29. The Bertz CT molecular complexity index is 1910. The van der Waals surface area contributed by atoms with E-state index >= 15 is 0 Å². The SMILES string of the molecule is N#CC(c1ccc(F)cc1)(c1ccc(F)cc1)c1cccc(F)c1.OC(c1ccc(F)cc1)(c1ccc(F)cc1)c1cccc(F)c1. The van der Waals surface area contributed by atoms with Crippen LogP contribution in [0.5, 0.6) is 0 Å². The van der Waals surface area contributed by atoms with Crippen LogP contribution in [0.1, 0.15) is 33.4 Å². The molecule has 0 heterocycles. The highest BCUT2D eigenvalue weighted by atomic mass is 19.1. The fourth-order valence-corrected chi connectivity index (χ4v) is 5.41. The predicted molar refractivity (Wildman–Crippen MR) is 166 cm³/mol. The molecule has 0 unspecified atom stereocenters. The number of nitrogens with zero attached hydrogens (tertiary/aromatic N) is 1. The van der Waals surface area contributed by atoms with Gasteiger partial charge >= 0.3 is 0 Å². The summed E-state index contributed by atoms with van der Waals surface area (Å²) in [6, 6.07) is 34.8. The average molecular weight is 638 g/mol. The van der Waals surface area contributed by atoms with E-state index in [0.717, 1.165) is 0 Å². The van der Waals surface area contributed by atoms with E-state index in [4.69, 9.17) is 0 Å². The maximum atomic E-state index is 13.8. The minimum absolute atomic E-state index is 0.274. The van der Waals surface area contributed by atoms with Crippen LogP contribution in [0.25, 0.3) is 0 Å². The Morgan fingerprint density at radius 2 is 0.702 bits per heavy atom. The van der Waals surface area contributed by atoms with E-state index in [-0.39, 0.29) is 5.56 Å². The minimum atomic E-state index is -1.72. The van der Waals surface area contributed by atoms with Crippen LogP contribution in [-0.2, 0) is 11.0 Å². The van der Waals surface area contributed by atoms with Gasteiger partial charge in [0.25, 0.3) is 0 Å². The zero-order valence-corrected chi connectivity index (χ0v) is 24.5. The topological polar surface area (TPSA) is 44.0 Å². The van der Waals surface area contributed by atoms with Gasteiger partial charge < -0.3 is 5.11 Å². The molecule has 1 N–H and O–H groups in total. The maximum absolute atomic E-state index is 13.8. The summed E-state index contributed by atoms with van der Waals surface area (Å²) in [7, 11) is 0. The van der Waals surface area contributed by atoms with Gasteiger partial charge in [0.1, 0.15) is 45.9 Å². The first-order valence-electron chi connectivity index (χ1n) is 14.3. The van der Waals surface area contributed by atoms with Gasteiger partial charge in [-0.15, -0.1) is 0 Å². The summed E-state index contributed by atoms with van der Waals surface area (Å²) in [5, 5.41) is 21.3. The van der Waals surface area contributed by atoms with E-state index in [0.29, 0.717) is 27.8 Å². The van der Waals surface area contributed by atoms with Crippen LogP contribution >= 0.6 is 0 Å². The number of rotatable bonds is 6. The number of aliphatic hydroxyl groups is 1. The molecule has 6 aromatic rings. The van der Waals surface area contributed by atoms with Crippen LogP contribution in [0.15, 0.2) is 146 Å². The third-order valence-electron chi connectivity index (χ3n) is 7.75. The summed E-state index contributed by atoms with van der Waals surface area (Å²) >= 11 is 0. The van der Waals surface area contributed by atoms with Gasteiger partial charge in [0, 0.05) is 0 Å². The van der Waals surface area contributed by atoms with E-state index in [1.807, 2.05) is 0 Å². The Balaban J connectivity index is 0.000000185. The molecular weight excluding hydrogens is 612 g/mol. The van der Waals surface area contributed by atoms with Crippen molar-refractivity contribution in [2.45, 2.75) is 11.0 Å².